The smallest absolute Gasteiger partial charge is 0.230 e. The van der Waals surface area contributed by atoms with Crippen molar-refractivity contribution >= 4 is 35.3 Å². The van der Waals surface area contributed by atoms with Crippen LogP contribution in [0.2, 0.25) is 0 Å². The minimum Gasteiger partial charge on any atom is -0.369 e. The Kier molecular flexibility index (Phi) is 8.09. The fourth-order valence-electron chi connectivity index (χ4n) is 4.26. The van der Waals surface area contributed by atoms with Gasteiger partial charge in [0, 0.05) is 42.0 Å². The van der Waals surface area contributed by atoms with Gasteiger partial charge in [-0.25, -0.2) is 9.37 Å². The number of hydrogen-bond acceptors (Lipinski definition) is 7. The molecule has 1 aliphatic rings. The Morgan fingerprint density at radius 1 is 1.05 bits per heavy atom. The Labute approximate surface area is 232 Å². The highest BCUT2D eigenvalue weighted by atomic mass is 32.2. The van der Waals surface area contributed by atoms with Gasteiger partial charge in [-0.3, -0.25) is 9.52 Å². The zero-order chi connectivity index (χ0) is 27.2. The van der Waals surface area contributed by atoms with Crippen molar-refractivity contribution < 1.29 is 9.18 Å². The average Bonchev–Trinajstić information content (AvgIpc) is 2.95. The van der Waals surface area contributed by atoms with Gasteiger partial charge in [0.05, 0.1) is 5.41 Å². The van der Waals surface area contributed by atoms with Gasteiger partial charge in [-0.2, -0.15) is 4.98 Å². The Balaban J connectivity index is 1.29. The quantitative estimate of drug-likeness (QED) is 0.229. The Morgan fingerprint density at radius 3 is 2.64 bits per heavy atom. The third kappa shape index (κ3) is 6.55. The van der Waals surface area contributed by atoms with Crippen LogP contribution >= 0.6 is 11.9 Å². The van der Waals surface area contributed by atoms with Gasteiger partial charge < -0.3 is 16.0 Å². The zero-order valence-corrected chi connectivity index (χ0v) is 22.7. The second-order valence-electron chi connectivity index (χ2n) is 9.90. The van der Waals surface area contributed by atoms with E-state index in [1.54, 1.807) is 24.1 Å². The third-order valence-electron chi connectivity index (χ3n) is 6.67. The van der Waals surface area contributed by atoms with E-state index in [2.05, 4.69) is 37.8 Å². The molecular formula is C30H31FN6OS. The maximum Gasteiger partial charge on any atom is 0.230 e. The molecule has 0 saturated carbocycles. The molecule has 0 atom stereocenters. The van der Waals surface area contributed by atoms with Crippen molar-refractivity contribution in [1.82, 2.24) is 20.0 Å². The number of benzene rings is 3. The van der Waals surface area contributed by atoms with Crippen LogP contribution in [0.1, 0.15) is 31.4 Å². The number of anilines is 3. The first-order valence-electron chi connectivity index (χ1n) is 12.9. The lowest BCUT2D eigenvalue weighted by atomic mass is 9.83. The minimum atomic E-state index is -0.781. The number of amides is 1. The summed E-state index contributed by atoms with van der Waals surface area (Å²) in [5.41, 5.74) is 3.76. The van der Waals surface area contributed by atoms with Crippen LogP contribution in [-0.2, 0) is 16.8 Å². The van der Waals surface area contributed by atoms with Gasteiger partial charge >= 0.3 is 0 Å². The summed E-state index contributed by atoms with van der Waals surface area (Å²) < 4.78 is 16.7. The molecule has 0 saturated heterocycles. The van der Waals surface area contributed by atoms with Crippen molar-refractivity contribution in [3.05, 3.63) is 95.9 Å². The minimum absolute atomic E-state index is 0.122. The summed E-state index contributed by atoms with van der Waals surface area (Å²) >= 11 is 1.61. The number of aromatic nitrogens is 2. The van der Waals surface area contributed by atoms with Crippen LogP contribution in [-0.4, -0.2) is 29.0 Å². The molecule has 200 valence electrons. The number of nitrogens with zero attached hydrogens (tertiary/aromatic N) is 2. The first-order valence-corrected chi connectivity index (χ1v) is 13.7. The van der Waals surface area contributed by atoms with Gasteiger partial charge in [-0.05, 0) is 79.2 Å². The van der Waals surface area contributed by atoms with Gasteiger partial charge in [0.25, 0.3) is 0 Å². The van der Waals surface area contributed by atoms with Gasteiger partial charge in [-0.1, -0.05) is 42.5 Å². The number of halogens is 1. The van der Waals surface area contributed by atoms with Gasteiger partial charge in [-0.15, -0.1) is 0 Å². The molecule has 1 amide bonds. The summed E-state index contributed by atoms with van der Waals surface area (Å²) in [6, 6.07) is 22.2. The van der Waals surface area contributed by atoms with E-state index in [1.807, 2.05) is 56.4 Å². The highest BCUT2D eigenvalue weighted by Gasteiger charge is 2.29. The fraction of sp³-hybridized carbons (Fsp3) is 0.233. The molecule has 4 aromatic rings. The first kappa shape index (κ1) is 26.6. The second kappa shape index (κ2) is 11.8. The Bertz CT molecular complexity index is 1440. The number of rotatable bonds is 5. The molecule has 0 unspecified atom stereocenters. The highest BCUT2D eigenvalue weighted by molar-refractivity contribution is 7.97. The van der Waals surface area contributed by atoms with Crippen LogP contribution in [0.4, 0.5) is 21.8 Å². The second-order valence-corrected chi connectivity index (χ2v) is 10.9. The third-order valence-corrected chi connectivity index (χ3v) is 7.51. The SMILES string of the molecule is CC(C)(C(=O)NCc1ccc(-c2cnc3nc2NCCCNSc2cccc(c2)N3)cc1)c1ccc(F)cc1. The molecule has 3 aromatic carbocycles. The van der Waals surface area contributed by atoms with Crippen LogP contribution < -0.4 is 20.7 Å². The number of hydrogen-bond donors (Lipinski definition) is 4. The van der Waals surface area contributed by atoms with Crippen molar-refractivity contribution in [2.24, 2.45) is 0 Å². The molecule has 1 aromatic heterocycles. The Hall–Kier alpha value is -3.95. The van der Waals surface area contributed by atoms with Crippen molar-refractivity contribution in [2.75, 3.05) is 23.7 Å². The fourth-order valence-corrected chi connectivity index (χ4v) is 5.00. The van der Waals surface area contributed by atoms with E-state index in [4.69, 9.17) is 4.98 Å². The summed E-state index contributed by atoms with van der Waals surface area (Å²) in [4.78, 5) is 23.4. The van der Waals surface area contributed by atoms with Crippen LogP contribution in [0.3, 0.4) is 0 Å². The van der Waals surface area contributed by atoms with E-state index >= 15 is 0 Å². The number of carbonyl (C=O) groups is 1. The molecule has 39 heavy (non-hydrogen) atoms. The van der Waals surface area contributed by atoms with Crippen LogP contribution in [0, 0.1) is 5.82 Å². The molecule has 2 heterocycles. The number of carbonyl (C=O) groups excluding carboxylic acids is 1. The average molecular weight is 543 g/mol. The lowest BCUT2D eigenvalue weighted by molar-refractivity contribution is -0.125. The molecule has 4 N–H and O–H groups in total. The molecule has 9 heteroatoms. The van der Waals surface area contributed by atoms with E-state index in [-0.39, 0.29) is 11.7 Å². The predicted octanol–water partition coefficient (Wildman–Crippen LogP) is 6.03. The largest absolute Gasteiger partial charge is 0.369 e. The van der Waals surface area contributed by atoms with Crippen molar-refractivity contribution in [1.29, 1.82) is 0 Å². The van der Waals surface area contributed by atoms with Gasteiger partial charge in [0.1, 0.15) is 11.6 Å². The summed E-state index contributed by atoms with van der Waals surface area (Å²) in [5.74, 6) is 0.847. The molecule has 4 bridgehead atoms. The van der Waals surface area contributed by atoms with E-state index < -0.39 is 5.41 Å². The monoisotopic (exact) mass is 542 g/mol. The number of nitrogens with one attached hydrogen (secondary N) is 4. The first-order chi connectivity index (χ1) is 18.9. The topological polar surface area (TPSA) is 91.0 Å². The van der Waals surface area contributed by atoms with Gasteiger partial charge in [0.2, 0.25) is 11.9 Å². The van der Waals surface area contributed by atoms with E-state index in [9.17, 15) is 9.18 Å². The predicted molar refractivity (Wildman–Crippen MR) is 155 cm³/mol. The standard InChI is InChI=1S/C30H31FN6OS/c1-30(2,22-11-13-23(31)14-12-22)28(38)33-18-20-7-9-21(10-8-20)26-19-34-29-36-24-5-3-6-25(17-24)39-35-16-4-15-32-27(26)37-29/h3,5-14,17,19,35H,4,15-16,18H2,1-2H3,(H,33,38)(H2,32,34,36,37). The van der Waals surface area contributed by atoms with Crippen LogP contribution in [0.25, 0.3) is 11.1 Å². The molecular weight excluding hydrogens is 511 g/mol. The summed E-state index contributed by atoms with van der Waals surface area (Å²) in [6.07, 6.45) is 2.77. The van der Waals surface area contributed by atoms with E-state index in [1.165, 1.54) is 12.1 Å². The molecule has 0 fully saturated rings. The van der Waals surface area contributed by atoms with Gasteiger partial charge in [0.15, 0.2) is 0 Å². The Morgan fingerprint density at radius 2 is 1.85 bits per heavy atom. The lowest BCUT2D eigenvalue weighted by Gasteiger charge is -2.24. The van der Waals surface area contributed by atoms with Crippen molar-refractivity contribution in [3.63, 3.8) is 0 Å². The summed E-state index contributed by atoms with van der Waals surface area (Å²) in [6.45, 7) is 5.69. The number of fused-ring (bicyclic) bond motifs is 4. The molecule has 7 nitrogen and oxygen atoms in total. The lowest BCUT2D eigenvalue weighted by Crippen LogP contribution is -2.39. The van der Waals surface area contributed by atoms with Crippen LogP contribution in [0.5, 0.6) is 0 Å². The molecule has 0 spiro atoms. The molecule has 0 aliphatic carbocycles. The summed E-state index contributed by atoms with van der Waals surface area (Å²) in [7, 11) is 0. The molecule has 1 aliphatic heterocycles. The van der Waals surface area contributed by atoms with Crippen molar-refractivity contribution in [3.8, 4) is 11.1 Å². The normalized spacial score (nSPS) is 13.6. The van der Waals surface area contributed by atoms with E-state index in [0.717, 1.165) is 58.2 Å². The highest BCUT2D eigenvalue weighted by Crippen LogP contribution is 2.29. The molecule has 5 rings (SSSR count). The van der Waals surface area contributed by atoms with Crippen LogP contribution in [0.15, 0.2) is 83.9 Å². The zero-order valence-electron chi connectivity index (χ0n) is 21.9. The summed E-state index contributed by atoms with van der Waals surface area (Å²) in [5, 5.41) is 9.78. The maximum atomic E-state index is 13.3. The van der Waals surface area contributed by atoms with E-state index in [0.29, 0.717) is 12.5 Å². The van der Waals surface area contributed by atoms with Crippen molar-refractivity contribution in [2.45, 2.75) is 37.1 Å². The molecule has 0 radical (unpaired) electrons. The maximum absolute atomic E-state index is 13.3.